The minimum atomic E-state index is 0.486. The van der Waals surface area contributed by atoms with Gasteiger partial charge >= 0.3 is 0 Å². The van der Waals surface area contributed by atoms with E-state index in [4.69, 9.17) is 9.47 Å². The van der Waals surface area contributed by atoms with Crippen LogP contribution in [0.3, 0.4) is 0 Å². The number of ether oxygens (including phenoxy) is 2. The van der Waals surface area contributed by atoms with Crippen molar-refractivity contribution in [3.8, 4) is 11.5 Å². The number of benzene rings is 3. The third-order valence-corrected chi connectivity index (χ3v) is 3.61. The van der Waals surface area contributed by atoms with Gasteiger partial charge in [0, 0.05) is 0 Å². The molecule has 0 heterocycles. The number of hydrazone groups is 1. The minimum absolute atomic E-state index is 0.486. The van der Waals surface area contributed by atoms with Crippen LogP contribution < -0.4 is 14.9 Å². The fourth-order valence-electron chi connectivity index (χ4n) is 2.32. The van der Waals surface area contributed by atoms with Gasteiger partial charge in [-0.1, -0.05) is 48.5 Å². The van der Waals surface area contributed by atoms with E-state index >= 15 is 0 Å². The van der Waals surface area contributed by atoms with Crippen molar-refractivity contribution in [2.45, 2.75) is 6.61 Å². The van der Waals surface area contributed by atoms with Gasteiger partial charge in [-0.3, -0.25) is 5.43 Å². The standard InChI is InChI=1S/C21H20N2O2/c1-24-20-13-12-18(15-22-23-19-10-6-3-7-11-19)14-21(20)25-16-17-8-4-2-5-9-17/h2-15,23H,16H2,1H3. The number of methoxy groups -OCH3 is 1. The van der Waals surface area contributed by atoms with Crippen molar-refractivity contribution in [3.63, 3.8) is 0 Å². The third-order valence-electron chi connectivity index (χ3n) is 3.61. The van der Waals surface area contributed by atoms with E-state index in [1.54, 1.807) is 13.3 Å². The number of hydrogen-bond donors (Lipinski definition) is 1. The normalized spacial score (nSPS) is 10.6. The Morgan fingerprint density at radius 3 is 2.32 bits per heavy atom. The molecule has 0 aliphatic rings. The number of hydrogen-bond acceptors (Lipinski definition) is 4. The summed E-state index contributed by atoms with van der Waals surface area (Å²) in [7, 11) is 1.63. The summed E-state index contributed by atoms with van der Waals surface area (Å²) in [4.78, 5) is 0. The van der Waals surface area contributed by atoms with Crippen LogP contribution in [0.1, 0.15) is 11.1 Å². The maximum absolute atomic E-state index is 5.91. The molecule has 0 bridgehead atoms. The Hall–Kier alpha value is -3.27. The lowest BCUT2D eigenvalue weighted by molar-refractivity contribution is 0.284. The van der Waals surface area contributed by atoms with E-state index in [1.807, 2.05) is 78.9 Å². The van der Waals surface area contributed by atoms with Crippen molar-refractivity contribution in [1.29, 1.82) is 0 Å². The van der Waals surface area contributed by atoms with Gasteiger partial charge in [-0.25, -0.2) is 0 Å². The highest BCUT2D eigenvalue weighted by molar-refractivity contribution is 5.81. The maximum Gasteiger partial charge on any atom is 0.162 e. The van der Waals surface area contributed by atoms with Crippen LogP contribution in [0.2, 0.25) is 0 Å². The number of rotatable bonds is 7. The third kappa shape index (κ3) is 4.85. The van der Waals surface area contributed by atoms with Gasteiger partial charge in [0.2, 0.25) is 0 Å². The van der Waals surface area contributed by atoms with Gasteiger partial charge in [-0.2, -0.15) is 5.10 Å². The Labute approximate surface area is 147 Å². The quantitative estimate of drug-likeness (QED) is 0.503. The largest absolute Gasteiger partial charge is 0.493 e. The Bertz CT molecular complexity index is 818. The number of anilines is 1. The molecule has 3 rings (SSSR count). The van der Waals surface area contributed by atoms with Gasteiger partial charge in [0.1, 0.15) is 6.61 Å². The predicted octanol–water partition coefficient (Wildman–Crippen LogP) is 4.72. The fourth-order valence-corrected chi connectivity index (χ4v) is 2.32. The molecule has 4 nitrogen and oxygen atoms in total. The van der Waals surface area contributed by atoms with Gasteiger partial charge < -0.3 is 9.47 Å². The molecule has 0 spiro atoms. The smallest absolute Gasteiger partial charge is 0.162 e. The van der Waals surface area contributed by atoms with E-state index in [1.165, 1.54) is 0 Å². The van der Waals surface area contributed by atoms with Crippen LogP contribution >= 0.6 is 0 Å². The van der Waals surface area contributed by atoms with E-state index in [2.05, 4.69) is 10.5 Å². The summed E-state index contributed by atoms with van der Waals surface area (Å²) in [5, 5.41) is 4.26. The Morgan fingerprint density at radius 1 is 0.880 bits per heavy atom. The van der Waals surface area contributed by atoms with Crippen LogP contribution in [-0.4, -0.2) is 13.3 Å². The SMILES string of the molecule is COc1ccc(C=NNc2ccccc2)cc1OCc1ccccc1. The molecule has 0 aliphatic heterocycles. The van der Waals surface area contributed by atoms with Crippen LogP contribution in [-0.2, 0) is 6.61 Å². The second kappa shape index (κ2) is 8.55. The topological polar surface area (TPSA) is 42.8 Å². The number of para-hydroxylation sites is 1. The van der Waals surface area contributed by atoms with E-state index in [9.17, 15) is 0 Å². The van der Waals surface area contributed by atoms with Crippen LogP contribution in [0.4, 0.5) is 5.69 Å². The van der Waals surface area contributed by atoms with Gasteiger partial charge in [0.25, 0.3) is 0 Å². The van der Waals surface area contributed by atoms with Crippen molar-refractivity contribution in [2.24, 2.45) is 5.10 Å². The molecule has 126 valence electrons. The predicted molar refractivity (Wildman–Crippen MR) is 101 cm³/mol. The number of nitrogens with one attached hydrogen (secondary N) is 1. The fraction of sp³-hybridized carbons (Fsp3) is 0.0952. The first kappa shape index (κ1) is 16.6. The molecule has 0 aliphatic carbocycles. The average Bonchev–Trinajstić information content (AvgIpc) is 2.68. The molecular formula is C21H20N2O2. The zero-order valence-electron chi connectivity index (χ0n) is 14.1. The molecule has 0 fully saturated rings. The van der Waals surface area contributed by atoms with Crippen molar-refractivity contribution in [2.75, 3.05) is 12.5 Å². The van der Waals surface area contributed by atoms with Crippen molar-refractivity contribution >= 4 is 11.9 Å². The van der Waals surface area contributed by atoms with Crippen LogP contribution in [0.15, 0.2) is 84.0 Å². The first-order valence-corrected chi connectivity index (χ1v) is 8.04. The van der Waals surface area contributed by atoms with Gasteiger partial charge in [-0.15, -0.1) is 0 Å². The molecule has 0 radical (unpaired) electrons. The van der Waals surface area contributed by atoms with Gasteiger partial charge in [0.15, 0.2) is 11.5 Å². The first-order valence-electron chi connectivity index (χ1n) is 8.04. The molecule has 3 aromatic rings. The van der Waals surface area contributed by atoms with E-state index in [-0.39, 0.29) is 0 Å². The highest BCUT2D eigenvalue weighted by Gasteiger charge is 2.05. The summed E-state index contributed by atoms with van der Waals surface area (Å²) in [6.07, 6.45) is 1.75. The molecule has 0 saturated heterocycles. The molecule has 25 heavy (non-hydrogen) atoms. The zero-order valence-corrected chi connectivity index (χ0v) is 14.1. The first-order chi connectivity index (χ1) is 12.3. The molecule has 0 saturated carbocycles. The minimum Gasteiger partial charge on any atom is -0.493 e. The molecule has 0 atom stereocenters. The molecule has 0 aromatic heterocycles. The van der Waals surface area contributed by atoms with E-state index in [0.29, 0.717) is 18.1 Å². The summed E-state index contributed by atoms with van der Waals surface area (Å²) in [5.74, 6) is 1.39. The number of nitrogens with zero attached hydrogens (tertiary/aromatic N) is 1. The summed E-state index contributed by atoms with van der Waals surface area (Å²) >= 11 is 0. The average molecular weight is 332 g/mol. The second-order valence-electron chi connectivity index (χ2n) is 5.42. The molecule has 0 amide bonds. The summed E-state index contributed by atoms with van der Waals surface area (Å²) in [6, 6.07) is 25.6. The Morgan fingerprint density at radius 2 is 1.60 bits per heavy atom. The van der Waals surface area contributed by atoms with Crippen molar-refractivity contribution < 1.29 is 9.47 Å². The molecule has 4 heteroatoms. The summed E-state index contributed by atoms with van der Waals surface area (Å²) in [5.41, 5.74) is 5.96. The lowest BCUT2D eigenvalue weighted by atomic mass is 10.2. The van der Waals surface area contributed by atoms with Gasteiger partial charge in [-0.05, 0) is 41.5 Å². The molecule has 0 unspecified atom stereocenters. The van der Waals surface area contributed by atoms with Gasteiger partial charge in [0.05, 0.1) is 19.0 Å². The van der Waals surface area contributed by atoms with Crippen molar-refractivity contribution in [3.05, 3.63) is 90.0 Å². The monoisotopic (exact) mass is 332 g/mol. The lowest BCUT2D eigenvalue weighted by Crippen LogP contribution is -1.99. The van der Waals surface area contributed by atoms with Crippen molar-refractivity contribution in [1.82, 2.24) is 0 Å². The van der Waals surface area contributed by atoms with Crippen LogP contribution in [0, 0.1) is 0 Å². The highest BCUT2D eigenvalue weighted by Crippen LogP contribution is 2.28. The second-order valence-corrected chi connectivity index (χ2v) is 5.42. The lowest BCUT2D eigenvalue weighted by Gasteiger charge is -2.11. The summed E-state index contributed by atoms with van der Waals surface area (Å²) in [6.45, 7) is 0.486. The molecule has 1 N–H and O–H groups in total. The van der Waals surface area contributed by atoms with E-state index in [0.717, 1.165) is 16.8 Å². The Kier molecular flexibility index (Phi) is 5.67. The molecular weight excluding hydrogens is 312 g/mol. The Balaban J connectivity index is 1.68. The van der Waals surface area contributed by atoms with E-state index < -0.39 is 0 Å². The van der Waals surface area contributed by atoms with Crippen LogP contribution in [0.25, 0.3) is 0 Å². The zero-order chi connectivity index (χ0) is 17.3. The maximum atomic E-state index is 5.91. The van der Waals surface area contributed by atoms with Crippen LogP contribution in [0.5, 0.6) is 11.5 Å². The highest BCUT2D eigenvalue weighted by atomic mass is 16.5. The summed E-state index contributed by atoms with van der Waals surface area (Å²) < 4.78 is 11.3. The molecule has 3 aromatic carbocycles.